The normalized spacial score (nSPS) is 19.1. The molecule has 0 aromatic rings. The molecule has 0 bridgehead atoms. The topological polar surface area (TPSA) is 35.5 Å². The second kappa shape index (κ2) is 4.35. The van der Waals surface area contributed by atoms with Crippen molar-refractivity contribution in [1.82, 2.24) is 0 Å². The van der Waals surface area contributed by atoms with Crippen LogP contribution in [0.2, 0.25) is 0 Å². The van der Waals surface area contributed by atoms with Crippen LogP contribution in [0.1, 0.15) is 27.2 Å². The van der Waals surface area contributed by atoms with Crippen molar-refractivity contribution < 1.29 is 14.3 Å². The minimum atomic E-state index is -0.348. The Hall–Kier alpha value is -0.830. The molecule has 15 heavy (non-hydrogen) atoms. The number of carbonyl (C=O) groups is 1. The minimum absolute atomic E-state index is 0.161. The minimum Gasteiger partial charge on any atom is -0.463 e. The smallest absolute Gasteiger partial charge is 0.330 e. The van der Waals surface area contributed by atoms with Crippen LogP contribution in [0.4, 0.5) is 0 Å². The lowest BCUT2D eigenvalue weighted by Crippen LogP contribution is -2.52. The maximum atomic E-state index is 10.9. The fourth-order valence-corrected chi connectivity index (χ4v) is 1.71. The van der Waals surface area contributed by atoms with Crippen LogP contribution in [0.5, 0.6) is 0 Å². The lowest BCUT2D eigenvalue weighted by Gasteiger charge is -2.51. The highest BCUT2D eigenvalue weighted by molar-refractivity contribution is 5.81. The van der Waals surface area contributed by atoms with E-state index in [1.54, 1.807) is 0 Å². The van der Waals surface area contributed by atoms with E-state index in [0.29, 0.717) is 6.61 Å². The van der Waals surface area contributed by atoms with Gasteiger partial charge in [-0.05, 0) is 11.8 Å². The highest BCUT2D eigenvalue weighted by Gasteiger charge is 2.47. The van der Waals surface area contributed by atoms with Gasteiger partial charge in [0.05, 0.1) is 19.8 Å². The van der Waals surface area contributed by atoms with Crippen molar-refractivity contribution in [2.24, 2.45) is 10.8 Å². The fourth-order valence-electron chi connectivity index (χ4n) is 1.71. The van der Waals surface area contributed by atoms with Gasteiger partial charge in [0.15, 0.2) is 0 Å². The molecule has 86 valence electrons. The van der Waals surface area contributed by atoms with Crippen LogP contribution < -0.4 is 0 Å². The highest BCUT2D eigenvalue weighted by Crippen LogP contribution is 2.47. The summed E-state index contributed by atoms with van der Waals surface area (Å²) in [7, 11) is 0. The van der Waals surface area contributed by atoms with E-state index in [2.05, 4.69) is 27.4 Å². The molecule has 0 radical (unpaired) electrons. The van der Waals surface area contributed by atoms with Crippen LogP contribution >= 0.6 is 0 Å². The van der Waals surface area contributed by atoms with Crippen molar-refractivity contribution in [1.29, 1.82) is 0 Å². The van der Waals surface area contributed by atoms with E-state index in [0.717, 1.165) is 19.6 Å². The molecule has 0 aromatic heterocycles. The maximum absolute atomic E-state index is 10.9. The molecule has 1 saturated heterocycles. The monoisotopic (exact) mass is 212 g/mol. The van der Waals surface area contributed by atoms with Crippen molar-refractivity contribution >= 4 is 5.97 Å². The van der Waals surface area contributed by atoms with E-state index in [9.17, 15) is 4.79 Å². The van der Waals surface area contributed by atoms with E-state index < -0.39 is 0 Å². The summed E-state index contributed by atoms with van der Waals surface area (Å²) in [5, 5.41) is 0. The van der Waals surface area contributed by atoms with E-state index in [1.165, 1.54) is 6.08 Å². The van der Waals surface area contributed by atoms with Gasteiger partial charge in [-0.2, -0.15) is 0 Å². The molecule has 0 N–H and O–H groups in total. The molecule has 1 aliphatic heterocycles. The number of hydrogen-bond donors (Lipinski definition) is 0. The van der Waals surface area contributed by atoms with E-state index in [1.807, 2.05) is 0 Å². The van der Waals surface area contributed by atoms with Crippen molar-refractivity contribution in [3.8, 4) is 0 Å². The standard InChI is InChI=1S/C12H20O3/c1-5-10(13)15-7-6-12(8-14-9-12)11(2,3)4/h5H,1,6-9H2,2-4H3. The first-order valence-corrected chi connectivity index (χ1v) is 5.28. The molecule has 1 rings (SSSR count). The van der Waals surface area contributed by atoms with Gasteiger partial charge in [-0.3, -0.25) is 0 Å². The molecule has 3 heteroatoms. The molecule has 1 aliphatic rings. The Morgan fingerprint density at radius 3 is 2.47 bits per heavy atom. The third kappa shape index (κ3) is 2.59. The number of ether oxygens (including phenoxy) is 2. The lowest BCUT2D eigenvalue weighted by molar-refractivity contribution is -0.182. The Balaban J connectivity index is 2.41. The number of carbonyl (C=O) groups excluding carboxylic acids is 1. The second-order valence-electron chi connectivity index (χ2n) is 5.14. The van der Waals surface area contributed by atoms with Gasteiger partial charge in [0.25, 0.3) is 0 Å². The van der Waals surface area contributed by atoms with Crippen molar-refractivity contribution in [3.63, 3.8) is 0 Å². The first-order chi connectivity index (χ1) is 6.91. The fraction of sp³-hybridized carbons (Fsp3) is 0.750. The maximum Gasteiger partial charge on any atom is 0.330 e. The zero-order chi connectivity index (χ0) is 11.5. The van der Waals surface area contributed by atoms with Crippen molar-refractivity contribution in [3.05, 3.63) is 12.7 Å². The molecule has 0 amide bonds. The summed E-state index contributed by atoms with van der Waals surface area (Å²) in [6.07, 6.45) is 2.05. The summed E-state index contributed by atoms with van der Waals surface area (Å²) in [5.74, 6) is -0.348. The Labute approximate surface area is 91.4 Å². The SMILES string of the molecule is C=CC(=O)OCCC1(C(C)(C)C)COC1. The van der Waals surface area contributed by atoms with Gasteiger partial charge in [-0.1, -0.05) is 27.4 Å². The van der Waals surface area contributed by atoms with Gasteiger partial charge in [0, 0.05) is 11.5 Å². The zero-order valence-electron chi connectivity index (χ0n) is 9.84. The molecule has 3 nitrogen and oxygen atoms in total. The largest absolute Gasteiger partial charge is 0.463 e. The van der Waals surface area contributed by atoms with Crippen LogP contribution in [-0.2, 0) is 14.3 Å². The summed E-state index contributed by atoms with van der Waals surface area (Å²) < 4.78 is 10.3. The van der Waals surface area contributed by atoms with E-state index >= 15 is 0 Å². The summed E-state index contributed by atoms with van der Waals surface area (Å²) in [4.78, 5) is 10.9. The van der Waals surface area contributed by atoms with Gasteiger partial charge in [-0.15, -0.1) is 0 Å². The average Bonchev–Trinajstić information content (AvgIpc) is 2.06. The summed E-state index contributed by atoms with van der Waals surface area (Å²) >= 11 is 0. The summed E-state index contributed by atoms with van der Waals surface area (Å²) in [6, 6.07) is 0. The molecule has 1 heterocycles. The Morgan fingerprint density at radius 2 is 2.13 bits per heavy atom. The van der Waals surface area contributed by atoms with Gasteiger partial charge < -0.3 is 9.47 Å². The van der Waals surface area contributed by atoms with Gasteiger partial charge in [0.2, 0.25) is 0 Å². The van der Waals surface area contributed by atoms with Crippen molar-refractivity contribution in [2.75, 3.05) is 19.8 Å². The van der Waals surface area contributed by atoms with Gasteiger partial charge in [0.1, 0.15) is 0 Å². The highest BCUT2D eigenvalue weighted by atomic mass is 16.5. The van der Waals surface area contributed by atoms with Gasteiger partial charge >= 0.3 is 5.97 Å². The third-order valence-electron chi connectivity index (χ3n) is 3.34. The van der Waals surface area contributed by atoms with E-state index in [4.69, 9.17) is 9.47 Å². The van der Waals surface area contributed by atoms with Crippen molar-refractivity contribution in [2.45, 2.75) is 27.2 Å². The zero-order valence-corrected chi connectivity index (χ0v) is 9.84. The second-order valence-corrected chi connectivity index (χ2v) is 5.14. The summed E-state index contributed by atoms with van der Waals surface area (Å²) in [5.41, 5.74) is 0.348. The molecule has 0 unspecified atom stereocenters. The Morgan fingerprint density at radius 1 is 1.53 bits per heavy atom. The Kier molecular flexibility index (Phi) is 3.55. The van der Waals surface area contributed by atoms with E-state index in [-0.39, 0.29) is 16.8 Å². The molecule has 0 aliphatic carbocycles. The molecular formula is C12H20O3. The lowest BCUT2D eigenvalue weighted by atomic mass is 9.63. The number of esters is 1. The van der Waals surface area contributed by atoms with Crippen LogP contribution in [0.25, 0.3) is 0 Å². The summed E-state index contributed by atoms with van der Waals surface area (Å²) in [6.45, 7) is 11.9. The molecule has 0 saturated carbocycles. The molecule has 0 spiro atoms. The number of hydrogen-bond acceptors (Lipinski definition) is 3. The third-order valence-corrected chi connectivity index (χ3v) is 3.34. The molecule has 1 fully saturated rings. The first kappa shape index (κ1) is 12.2. The quantitative estimate of drug-likeness (QED) is 0.529. The van der Waals surface area contributed by atoms with Crippen LogP contribution in [0.3, 0.4) is 0 Å². The van der Waals surface area contributed by atoms with Gasteiger partial charge in [-0.25, -0.2) is 4.79 Å². The predicted octanol–water partition coefficient (Wildman–Crippen LogP) is 2.17. The van der Waals surface area contributed by atoms with Crippen LogP contribution in [0, 0.1) is 10.8 Å². The van der Waals surface area contributed by atoms with Crippen LogP contribution in [-0.4, -0.2) is 25.8 Å². The molecular weight excluding hydrogens is 192 g/mol. The average molecular weight is 212 g/mol. The molecule has 0 atom stereocenters. The molecule has 0 aromatic carbocycles. The number of rotatable bonds is 4. The predicted molar refractivity (Wildman–Crippen MR) is 58.5 cm³/mol. The Bertz CT molecular complexity index is 246. The first-order valence-electron chi connectivity index (χ1n) is 5.28. The van der Waals surface area contributed by atoms with Crippen LogP contribution in [0.15, 0.2) is 12.7 Å².